The first-order valence-corrected chi connectivity index (χ1v) is 12.7. The number of aryl methyl sites for hydroxylation is 1. The molecular weight excluding hydrogens is 406 g/mol. The molecule has 168 valence electrons. The van der Waals surface area contributed by atoms with E-state index in [-0.39, 0.29) is 28.6 Å². The third kappa shape index (κ3) is 3.04. The average molecular weight is 442 g/mol. The molecule has 0 radical (unpaired) electrons. The Morgan fingerprint density at radius 1 is 1.19 bits per heavy atom. The molecule has 4 aliphatic rings. The number of hydrogen-bond donors (Lipinski definition) is 1. The number of carbonyl (C=O) groups is 2. The Hall–Kier alpha value is -1.69. The Morgan fingerprint density at radius 2 is 1.97 bits per heavy atom. The van der Waals surface area contributed by atoms with Crippen LogP contribution >= 0.6 is 11.3 Å². The van der Waals surface area contributed by atoms with Crippen LogP contribution in [0.4, 0.5) is 5.13 Å². The highest BCUT2D eigenvalue weighted by Gasteiger charge is 2.61. The maximum Gasteiger partial charge on any atom is 0.229 e. The minimum atomic E-state index is 0.0576. The fraction of sp³-hybridized carbons (Fsp3) is 0.720. The van der Waals surface area contributed by atoms with Crippen molar-refractivity contribution in [3.8, 4) is 0 Å². The van der Waals surface area contributed by atoms with Gasteiger partial charge in [-0.3, -0.25) is 9.59 Å². The summed E-state index contributed by atoms with van der Waals surface area (Å²) in [6, 6.07) is 0. The molecule has 5 rings (SSSR count). The number of amides is 2. The van der Waals surface area contributed by atoms with Crippen LogP contribution in [0.5, 0.6) is 0 Å². The number of thiazole rings is 1. The smallest absolute Gasteiger partial charge is 0.229 e. The topological polar surface area (TPSA) is 62.3 Å². The third-order valence-corrected chi connectivity index (χ3v) is 10.4. The molecule has 0 aromatic carbocycles. The summed E-state index contributed by atoms with van der Waals surface area (Å²) in [6.07, 6.45) is 7.09. The first kappa shape index (κ1) is 21.2. The lowest BCUT2D eigenvalue weighted by molar-refractivity contribution is -0.137. The number of nitrogens with zero attached hydrogens (tertiary/aromatic N) is 2. The lowest BCUT2D eigenvalue weighted by Gasteiger charge is -2.59. The van der Waals surface area contributed by atoms with Crippen LogP contribution in [0.2, 0.25) is 0 Å². The van der Waals surface area contributed by atoms with Crippen LogP contribution in [0, 0.1) is 41.4 Å². The van der Waals surface area contributed by atoms with E-state index in [2.05, 4.69) is 31.1 Å². The monoisotopic (exact) mass is 441 g/mol. The molecule has 3 aliphatic carbocycles. The second-order valence-corrected chi connectivity index (χ2v) is 11.9. The second kappa shape index (κ2) is 7.16. The first-order chi connectivity index (χ1) is 14.6. The van der Waals surface area contributed by atoms with Gasteiger partial charge >= 0.3 is 0 Å². The van der Waals surface area contributed by atoms with Crippen molar-refractivity contribution in [2.75, 3.05) is 12.4 Å². The quantitative estimate of drug-likeness (QED) is 0.670. The zero-order valence-electron chi connectivity index (χ0n) is 19.5. The highest BCUT2D eigenvalue weighted by atomic mass is 32.1. The number of fused-ring (bicyclic) bond motifs is 5. The van der Waals surface area contributed by atoms with Gasteiger partial charge in [-0.1, -0.05) is 19.4 Å². The molecule has 1 aromatic rings. The maximum absolute atomic E-state index is 13.3. The molecule has 2 amide bonds. The number of hydrogen-bond acceptors (Lipinski definition) is 4. The summed E-state index contributed by atoms with van der Waals surface area (Å²) < 4.78 is 0. The van der Waals surface area contributed by atoms with Crippen LogP contribution in [0.25, 0.3) is 0 Å². The highest BCUT2D eigenvalue weighted by molar-refractivity contribution is 7.13. The normalized spacial score (nSPS) is 39.8. The minimum absolute atomic E-state index is 0.0576. The summed E-state index contributed by atoms with van der Waals surface area (Å²) in [5.74, 6) is 2.31. The Bertz CT molecular complexity index is 968. The van der Waals surface area contributed by atoms with Crippen molar-refractivity contribution >= 4 is 28.3 Å². The summed E-state index contributed by atoms with van der Waals surface area (Å²) >= 11 is 1.51. The Kier molecular flexibility index (Phi) is 4.89. The summed E-state index contributed by atoms with van der Waals surface area (Å²) in [5.41, 5.74) is 3.81. The van der Waals surface area contributed by atoms with Crippen molar-refractivity contribution in [2.24, 2.45) is 34.5 Å². The zero-order valence-corrected chi connectivity index (χ0v) is 20.3. The van der Waals surface area contributed by atoms with E-state index in [1.54, 1.807) is 0 Å². The van der Waals surface area contributed by atoms with Gasteiger partial charge in [0.1, 0.15) is 0 Å². The molecule has 0 spiro atoms. The molecule has 2 saturated carbocycles. The number of aromatic nitrogens is 1. The molecule has 6 heteroatoms. The molecule has 31 heavy (non-hydrogen) atoms. The Morgan fingerprint density at radius 3 is 2.68 bits per heavy atom. The van der Waals surface area contributed by atoms with Gasteiger partial charge in [0.25, 0.3) is 0 Å². The fourth-order valence-electron chi connectivity index (χ4n) is 8.14. The number of anilines is 1. The van der Waals surface area contributed by atoms with Gasteiger partial charge in [-0.05, 0) is 75.5 Å². The number of likely N-dealkylation sites (tertiary alicyclic amines) is 1. The summed E-state index contributed by atoms with van der Waals surface area (Å²) in [4.78, 5) is 32.1. The molecule has 1 N–H and O–H groups in total. The van der Waals surface area contributed by atoms with Crippen molar-refractivity contribution in [1.29, 1.82) is 0 Å². The van der Waals surface area contributed by atoms with E-state index < -0.39 is 0 Å². The maximum atomic E-state index is 13.3. The SMILES string of the molecule is CC1=C2N(C)C(=O)CC[C@]2(C)[C@H]2CC[C@]3(C)[C@@H](C(=O)Nc4nc(C)cs4)CC[C@H]3[C@@H]2C1. The van der Waals surface area contributed by atoms with E-state index in [1.807, 2.05) is 24.3 Å². The number of rotatable bonds is 2. The van der Waals surface area contributed by atoms with E-state index in [9.17, 15) is 9.59 Å². The van der Waals surface area contributed by atoms with E-state index in [4.69, 9.17) is 0 Å². The predicted molar refractivity (Wildman–Crippen MR) is 123 cm³/mol. The average Bonchev–Trinajstić information content (AvgIpc) is 3.27. The van der Waals surface area contributed by atoms with Crippen molar-refractivity contribution in [3.63, 3.8) is 0 Å². The lowest BCUT2D eigenvalue weighted by Crippen LogP contribution is -2.54. The number of allylic oxidation sites excluding steroid dienone is 2. The van der Waals surface area contributed by atoms with E-state index in [0.717, 1.165) is 49.4 Å². The van der Waals surface area contributed by atoms with Crippen LogP contribution in [0.15, 0.2) is 16.7 Å². The van der Waals surface area contributed by atoms with Gasteiger partial charge in [-0.25, -0.2) is 4.98 Å². The number of carbonyl (C=O) groups excluding carboxylic acids is 2. The van der Waals surface area contributed by atoms with E-state index >= 15 is 0 Å². The molecule has 1 saturated heterocycles. The molecule has 1 aliphatic heterocycles. The van der Waals surface area contributed by atoms with Gasteiger partial charge in [0.15, 0.2) is 5.13 Å². The van der Waals surface area contributed by atoms with Gasteiger partial charge in [-0.2, -0.15) is 0 Å². The standard InChI is InChI=1S/C25H35N3O2S/c1-14-12-16-17-6-7-19(22(30)27-23-26-15(2)13-31-23)24(17,3)10-8-18(16)25(4)11-9-20(29)28(5)21(14)25/h13,16-19H,6-12H2,1-5H3,(H,26,27,30)/t16-,17-,18-,19+,24-,25+/m0/s1. The van der Waals surface area contributed by atoms with E-state index in [0.29, 0.717) is 24.2 Å². The molecule has 5 nitrogen and oxygen atoms in total. The largest absolute Gasteiger partial charge is 0.319 e. The van der Waals surface area contributed by atoms with E-state index in [1.165, 1.54) is 22.6 Å². The molecule has 1 aromatic heterocycles. The first-order valence-electron chi connectivity index (χ1n) is 11.8. The molecule has 0 bridgehead atoms. The van der Waals surface area contributed by atoms with Gasteiger partial charge in [0, 0.05) is 35.9 Å². The summed E-state index contributed by atoms with van der Waals surface area (Å²) in [7, 11) is 1.97. The van der Waals surface area contributed by atoms with Crippen LogP contribution in [0.1, 0.15) is 71.4 Å². The zero-order chi connectivity index (χ0) is 22.1. The van der Waals surface area contributed by atoms with Gasteiger partial charge in [-0.15, -0.1) is 11.3 Å². The highest BCUT2D eigenvalue weighted by Crippen LogP contribution is 2.66. The summed E-state index contributed by atoms with van der Waals surface area (Å²) in [5, 5.41) is 5.84. The van der Waals surface area contributed by atoms with Crippen LogP contribution < -0.4 is 5.32 Å². The van der Waals surface area contributed by atoms with Gasteiger partial charge in [0.2, 0.25) is 11.8 Å². The van der Waals surface area contributed by atoms with Crippen molar-refractivity contribution in [1.82, 2.24) is 9.88 Å². The van der Waals surface area contributed by atoms with Crippen LogP contribution in [-0.4, -0.2) is 28.7 Å². The van der Waals surface area contributed by atoms with Crippen LogP contribution in [-0.2, 0) is 9.59 Å². The van der Waals surface area contributed by atoms with Gasteiger partial charge < -0.3 is 10.2 Å². The predicted octanol–water partition coefficient (Wildman–Crippen LogP) is 5.38. The fourth-order valence-corrected chi connectivity index (χ4v) is 8.83. The molecular formula is C25H35N3O2S. The second-order valence-electron chi connectivity index (χ2n) is 11.0. The number of nitrogens with one attached hydrogen (secondary N) is 1. The van der Waals surface area contributed by atoms with Crippen molar-refractivity contribution in [2.45, 2.75) is 72.6 Å². The molecule has 0 unspecified atom stereocenters. The van der Waals surface area contributed by atoms with Crippen molar-refractivity contribution in [3.05, 3.63) is 22.3 Å². The molecule has 2 heterocycles. The van der Waals surface area contributed by atoms with Crippen LogP contribution in [0.3, 0.4) is 0 Å². The Labute approximate surface area is 189 Å². The third-order valence-electron chi connectivity index (χ3n) is 9.48. The molecule has 6 atom stereocenters. The Balaban J connectivity index is 1.42. The van der Waals surface area contributed by atoms with Gasteiger partial charge in [0.05, 0.1) is 5.69 Å². The van der Waals surface area contributed by atoms with Crippen molar-refractivity contribution < 1.29 is 9.59 Å². The number of piperidine rings is 1. The molecule has 3 fully saturated rings. The minimum Gasteiger partial charge on any atom is -0.319 e. The lowest BCUT2D eigenvalue weighted by atomic mass is 9.48. The summed E-state index contributed by atoms with van der Waals surface area (Å²) in [6.45, 7) is 9.00.